The third-order valence-corrected chi connectivity index (χ3v) is 6.08. The van der Waals surface area contributed by atoms with E-state index in [9.17, 15) is 9.59 Å². The maximum absolute atomic E-state index is 13.3. The molecule has 0 saturated carbocycles. The molecule has 4 heterocycles. The zero-order chi connectivity index (χ0) is 23.8. The van der Waals surface area contributed by atoms with Crippen LogP contribution in [0.15, 0.2) is 48.8 Å². The molecule has 176 valence electrons. The average molecular weight is 462 g/mol. The monoisotopic (exact) mass is 461 g/mol. The Morgan fingerprint density at radius 3 is 2.41 bits per heavy atom. The second-order valence-electron chi connectivity index (χ2n) is 8.76. The Balaban J connectivity index is 1.34. The standard InChI is InChI=1S/C24H27N7O3/c1-16(2)31-15-25-27-23(31)20-5-4-6-21(26-20)29-12-11-28(24(29)33)18-7-9-19(10-8-18)30-13-17(3)34-14-22(30)32/h4-10,15-17H,11-14H2,1-3H3. The van der Waals surface area contributed by atoms with Crippen LogP contribution >= 0.6 is 0 Å². The van der Waals surface area contributed by atoms with E-state index in [1.54, 1.807) is 21.0 Å². The van der Waals surface area contributed by atoms with E-state index in [-0.39, 0.29) is 30.7 Å². The van der Waals surface area contributed by atoms with Crippen LogP contribution in [0.3, 0.4) is 0 Å². The summed E-state index contributed by atoms with van der Waals surface area (Å²) in [6.45, 7) is 7.72. The Kier molecular flexibility index (Phi) is 5.74. The van der Waals surface area contributed by atoms with E-state index in [1.807, 2.05) is 54.0 Å². The highest BCUT2D eigenvalue weighted by molar-refractivity contribution is 6.05. The van der Waals surface area contributed by atoms with Crippen LogP contribution in [0, 0.1) is 0 Å². The number of hydrogen-bond donors (Lipinski definition) is 0. The summed E-state index contributed by atoms with van der Waals surface area (Å²) in [6.07, 6.45) is 1.68. The second-order valence-corrected chi connectivity index (χ2v) is 8.76. The third kappa shape index (κ3) is 4.01. The van der Waals surface area contributed by atoms with Crippen molar-refractivity contribution in [3.8, 4) is 11.5 Å². The third-order valence-electron chi connectivity index (χ3n) is 6.08. The van der Waals surface area contributed by atoms with E-state index < -0.39 is 0 Å². The van der Waals surface area contributed by atoms with Crippen molar-refractivity contribution in [3.63, 3.8) is 0 Å². The average Bonchev–Trinajstić information content (AvgIpc) is 3.48. The summed E-state index contributed by atoms with van der Waals surface area (Å²) in [6, 6.07) is 13.1. The van der Waals surface area contributed by atoms with Gasteiger partial charge in [-0.05, 0) is 57.2 Å². The van der Waals surface area contributed by atoms with Gasteiger partial charge in [-0.2, -0.15) is 0 Å². The molecule has 0 radical (unpaired) electrons. The van der Waals surface area contributed by atoms with Gasteiger partial charge in [0.05, 0.1) is 12.6 Å². The first-order valence-corrected chi connectivity index (χ1v) is 11.4. The lowest BCUT2D eigenvalue weighted by atomic mass is 10.2. The summed E-state index contributed by atoms with van der Waals surface area (Å²) in [5, 5.41) is 8.23. The quantitative estimate of drug-likeness (QED) is 0.579. The molecule has 0 N–H and O–H groups in total. The lowest BCUT2D eigenvalue weighted by Crippen LogP contribution is -2.45. The largest absolute Gasteiger partial charge is 0.367 e. The summed E-state index contributed by atoms with van der Waals surface area (Å²) in [5.41, 5.74) is 2.25. The van der Waals surface area contributed by atoms with Gasteiger partial charge in [0, 0.05) is 30.5 Å². The summed E-state index contributed by atoms with van der Waals surface area (Å²) in [5.74, 6) is 1.18. The highest BCUT2D eigenvalue weighted by Gasteiger charge is 2.32. The smallest absolute Gasteiger partial charge is 0.330 e. The molecule has 10 nitrogen and oxygen atoms in total. The van der Waals surface area contributed by atoms with E-state index in [2.05, 4.69) is 24.0 Å². The van der Waals surface area contributed by atoms with Gasteiger partial charge in [0.25, 0.3) is 5.91 Å². The predicted molar refractivity (Wildman–Crippen MR) is 128 cm³/mol. The second kappa shape index (κ2) is 8.86. The molecular weight excluding hydrogens is 434 g/mol. The number of carbonyl (C=O) groups excluding carboxylic acids is 2. The molecule has 3 aromatic rings. The number of hydrogen-bond acceptors (Lipinski definition) is 6. The van der Waals surface area contributed by atoms with Crippen molar-refractivity contribution < 1.29 is 14.3 Å². The fraction of sp³-hybridized carbons (Fsp3) is 0.375. The lowest BCUT2D eigenvalue weighted by molar-refractivity contribution is -0.128. The highest BCUT2D eigenvalue weighted by atomic mass is 16.5. The van der Waals surface area contributed by atoms with E-state index in [0.717, 1.165) is 11.4 Å². The molecule has 2 fully saturated rings. The summed E-state index contributed by atoms with van der Waals surface area (Å²) in [7, 11) is 0. The van der Waals surface area contributed by atoms with Gasteiger partial charge >= 0.3 is 6.03 Å². The van der Waals surface area contributed by atoms with E-state index in [0.29, 0.717) is 37.0 Å². The summed E-state index contributed by atoms with van der Waals surface area (Å²) < 4.78 is 7.35. The molecule has 2 saturated heterocycles. The van der Waals surface area contributed by atoms with Gasteiger partial charge in [0.15, 0.2) is 5.82 Å². The molecule has 2 aromatic heterocycles. The van der Waals surface area contributed by atoms with E-state index in [4.69, 9.17) is 9.72 Å². The molecular formula is C24H27N7O3. The molecule has 2 aliphatic heterocycles. The Hall–Kier alpha value is -3.79. The van der Waals surface area contributed by atoms with Crippen LogP contribution in [0.4, 0.5) is 22.0 Å². The van der Waals surface area contributed by atoms with Crippen molar-refractivity contribution >= 4 is 29.1 Å². The summed E-state index contributed by atoms with van der Waals surface area (Å²) >= 11 is 0. The first-order valence-electron chi connectivity index (χ1n) is 11.4. The maximum atomic E-state index is 13.3. The van der Waals surface area contributed by atoms with Crippen molar-refractivity contribution in [2.75, 3.05) is 40.9 Å². The Morgan fingerprint density at radius 1 is 0.971 bits per heavy atom. The number of urea groups is 1. The number of rotatable bonds is 5. The minimum atomic E-state index is -0.140. The maximum Gasteiger partial charge on any atom is 0.330 e. The van der Waals surface area contributed by atoms with Crippen LogP contribution in [0.5, 0.6) is 0 Å². The number of carbonyl (C=O) groups is 2. The van der Waals surface area contributed by atoms with Gasteiger partial charge in [-0.1, -0.05) is 6.07 Å². The van der Waals surface area contributed by atoms with Crippen molar-refractivity contribution in [2.24, 2.45) is 0 Å². The van der Waals surface area contributed by atoms with Gasteiger partial charge in [0.1, 0.15) is 24.4 Å². The molecule has 1 unspecified atom stereocenters. The van der Waals surface area contributed by atoms with Crippen LogP contribution in [0.25, 0.3) is 11.5 Å². The van der Waals surface area contributed by atoms with E-state index >= 15 is 0 Å². The number of anilines is 3. The van der Waals surface area contributed by atoms with Crippen molar-refractivity contribution in [1.82, 2.24) is 19.7 Å². The van der Waals surface area contributed by atoms with Crippen LogP contribution < -0.4 is 14.7 Å². The SMILES string of the molecule is CC1CN(c2ccc(N3CCN(c4cccc(-c5nncn5C(C)C)n4)C3=O)cc2)C(=O)CO1. The zero-order valence-electron chi connectivity index (χ0n) is 19.5. The van der Waals surface area contributed by atoms with Crippen molar-refractivity contribution in [3.05, 3.63) is 48.8 Å². The molecule has 0 spiro atoms. The molecule has 5 rings (SSSR count). The molecule has 2 aliphatic rings. The fourth-order valence-electron chi connectivity index (χ4n) is 4.26. The molecule has 1 atom stereocenters. The predicted octanol–water partition coefficient (Wildman–Crippen LogP) is 3.12. The number of morpholine rings is 1. The molecule has 0 aliphatic carbocycles. The van der Waals surface area contributed by atoms with Gasteiger partial charge in [-0.15, -0.1) is 10.2 Å². The number of pyridine rings is 1. The van der Waals surface area contributed by atoms with Crippen LogP contribution in [0.2, 0.25) is 0 Å². The first kappa shape index (κ1) is 22.0. The van der Waals surface area contributed by atoms with Gasteiger partial charge < -0.3 is 14.2 Å². The number of amides is 3. The Morgan fingerprint density at radius 2 is 1.68 bits per heavy atom. The topological polar surface area (TPSA) is 96.7 Å². The summed E-state index contributed by atoms with van der Waals surface area (Å²) in [4.78, 5) is 35.3. The molecule has 10 heteroatoms. The molecule has 1 aromatic carbocycles. The normalized spacial score (nSPS) is 18.9. The van der Waals surface area contributed by atoms with Crippen LogP contribution in [0.1, 0.15) is 26.8 Å². The van der Waals surface area contributed by atoms with E-state index in [1.165, 1.54) is 0 Å². The molecule has 0 bridgehead atoms. The highest BCUT2D eigenvalue weighted by Crippen LogP contribution is 2.28. The van der Waals surface area contributed by atoms with Gasteiger partial charge in [0.2, 0.25) is 0 Å². The van der Waals surface area contributed by atoms with Gasteiger partial charge in [-0.3, -0.25) is 14.6 Å². The Bertz CT molecular complexity index is 1210. The fourth-order valence-corrected chi connectivity index (χ4v) is 4.26. The Labute approximate surface area is 197 Å². The number of benzene rings is 1. The minimum absolute atomic E-state index is 0.0104. The van der Waals surface area contributed by atoms with Crippen molar-refractivity contribution in [1.29, 1.82) is 0 Å². The van der Waals surface area contributed by atoms with Crippen LogP contribution in [-0.2, 0) is 9.53 Å². The van der Waals surface area contributed by atoms with Crippen LogP contribution in [-0.4, -0.2) is 64.0 Å². The molecule has 3 amide bonds. The number of aromatic nitrogens is 4. The number of ether oxygens (including phenoxy) is 1. The first-order chi connectivity index (χ1) is 16.4. The molecule has 34 heavy (non-hydrogen) atoms. The lowest BCUT2D eigenvalue weighted by Gasteiger charge is -2.31. The number of nitrogens with zero attached hydrogens (tertiary/aromatic N) is 7. The van der Waals surface area contributed by atoms with Crippen molar-refractivity contribution in [2.45, 2.75) is 32.9 Å². The zero-order valence-corrected chi connectivity index (χ0v) is 19.5. The van der Waals surface area contributed by atoms with Gasteiger partial charge in [-0.25, -0.2) is 9.78 Å². The minimum Gasteiger partial charge on any atom is -0.367 e.